The molecule has 1 aliphatic heterocycles. The van der Waals surface area contributed by atoms with Crippen LogP contribution in [-0.4, -0.2) is 53.0 Å². The third-order valence-corrected chi connectivity index (χ3v) is 4.87. The van der Waals surface area contributed by atoms with Gasteiger partial charge in [0, 0.05) is 25.4 Å². The fraction of sp³-hybridized carbons (Fsp3) is 0.588. The summed E-state index contributed by atoms with van der Waals surface area (Å²) >= 11 is 1.76. The number of morpholine rings is 1. The molecule has 1 aromatic heterocycles. The minimum atomic E-state index is 0.299. The van der Waals surface area contributed by atoms with Crippen LogP contribution in [0.4, 0.5) is 0 Å². The summed E-state index contributed by atoms with van der Waals surface area (Å²) in [6.45, 7) is 10.7. The third-order valence-electron chi connectivity index (χ3n) is 3.87. The zero-order valence-electron chi connectivity index (χ0n) is 13.6. The van der Waals surface area contributed by atoms with E-state index in [4.69, 9.17) is 4.74 Å². The van der Waals surface area contributed by atoms with Crippen LogP contribution in [0, 0.1) is 12.8 Å². The zero-order chi connectivity index (χ0) is 15.5. The molecule has 1 aliphatic rings. The lowest BCUT2D eigenvalue weighted by Crippen LogP contribution is -2.44. The standard InChI is InChI=1S/C17H25N3OS/c1-12(2)9-20-6-7-21-14(10-20)11-22-17-18-15-5-4-13(3)8-16(15)19-17/h4-5,8,12,14H,6-7,9-11H2,1-3H3,(H,18,19). The van der Waals surface area contributed by atoms with E-state index in [1.165, 1.54) is 5.56 Å². The molecule has 2 heterocycles. The topological polar surface area (TPSA) is 41.2 Å². The highest BCUT2D eigenvalue weighted by molar-refractivity contribution is 7.99. The molecule has 120 valence electrons. The molecule has 0 aliphatic carbocycles. The monoisotopic (exact) mass is 319 g/mol. The molecule has 1 fully saturated rings. The summed E-state index contributed by atoms with van der Waals surface area (Å²) in [5.74, 6) is 1.66. The first-order chi connectivity index (χ1) is 10.6. The second-order valence-corrected chi connectivity index (χ2v) is 7.53. The summed E-state index contributed by atoms with van der Waals surface area (Å²) in [5, 5.41) is 0.991. The Morgan fingerprint density at radius 1 is 1.45 bits per heavy atom. The average molecular weight is 319 g/mol. The van der Waals surface area contributed by atoms with Gasteiger partial charge in [0.25, 0.3) is 0 Å². The Balaban J connectivity index is 1.56. The maximum Gasteiger partial charge on any atom is 0.166 e. The summed E-state index contributed by atoms with van der Waals surface area (Å²) in [6, 6.07) is 6.33. The maximum atomic E-state index is 5.90. The van der Waals surface area contributed by atoms with Gasteiger partial charge in [0.05, 0.1) is 23.7 Å². The van der Waals surface area contributed by atoms with Crippen LogP contribution in [0.25, 0.3) is 11.0 Å². The molecule has 1 aromatic carbocycles. The van der Waals surface area contributed by atoms with Crippen molar-refractivity contribution in [3.05, 3.63) is 23.8 Å². The van der Waals surface area contributed by atoms with E-state index in [1.807, 2.05) is 0 Å². The van der Waals surface area contributed by atoms with Crippen LogP contribution in [0.5, 0.6) is 0 Å². The quantitative estimate of drug-likeness (QED) is 0.858. The van der Waals surface area contributed by atoms with Gasteiger partial charge in [0.2, 0.25) is 0 Å². The lowest BCUT2D eigenvalue weighted by atomic mass is 10.2. The number of rotatable bonds is 5. The van der Waals surface area contributed by atoms with E-state index < -0.39 is 0 Å². The number of H-pyrrole nitrogens is 1. The number of nitrogens with one attached hydrogen (secondary N) is 1. The molecule has 0 spiro atoms. The number of aromatic nitrogens is 2. The highest BCUT2D eigenvalue weighted by Gasteiger charge is 2.21. The van der Waals surface area contributed by atoms with Gasteiger partial charge in [-0.25, -0.2) is 4.98 Å². The van der Waals surface area contributed by atoms with Gasteiger partial charge in [0.1, 0.15) is 0 Å². The van der Waals surface area contributed by atoms with Crippen molar-refractivity contribution in [2.24, 2.45) is 5.92 Å². The van der Waals surface area contributed by atoms with E-state index in [9.17, 15) is 0 Å². The Hall–Kier alpha value is -1.04. The molecule has 1 N–H and O–H groups in total. The SMILES string of the molecule is Cc1ccc2nc(SCC3CN(CC(C)C)CCO3)[nH]c2c1. The van der Waals surface area contributed by atoms with Crippen molar-refractivity contribution in [3.8, 4) is 0 Å². The Bertz CT molecular complexity index is 625. The molecule has 22 heavy (non-hydrogen) atoms. The first kappa shape index (κ1) is 15.8. The molecule has 5 heteroatoms. The van der Waals surface area contributed by atoms with Crippen molar-refractivity contribution >= 4 is 22.8 Å². The smallest absolute Gasteiger partial charge is 0.166 e. The van der Waals surface area contributed by atoms with Crippen LogP contribution < -0.4 is 0 Å². The van der Waals surface area contributed by atoms with Crippen LogP contribution in [0.3, 0.4) is 0 Å². The van der Waals surface area contributed by atoms with Crippen molar-refractivity contribution in [3.63, 3.8) is 0 Å². The maximum absolute atomic E-state index is 5.90. The summed E-state index contributed by atoms with van der Waals surface area (Å²) < 4.78 is 5.90. The zero-order valence-corrected chi connectivity index (χ0v) is 14.4. The number of aromatic amines is 1. The fourth-order valence-electron chi connectivity index (χ4n) is 2.90. The summed E-state index contributed by atoms with van der Waals surface area (Å²) in [4.78, 5) is 10.6. The van der Waals surface area contributed by atoms with Crippen LogP contribution in [0.1, 0.15) is 19.4 Å². The molecule has 4 nitrogen and oxygen atoms in total. The summed E-state index contributed by atoms with van der Waals surface area (Å²) in [7, 11) is 0. The highest BCUT2D eigenvalue weighted by atomic mass is 32.2. The Labute approximate surface area is 136 Å². The van der Waals surface area contributed by atoms with Crippen molar-refractivity contribution in [2.75, 3.05) is 32.0 Å². The van der Waals surface area contributed by atoms with Crippen molar-refractivity contribution in [2.45, 2.75) is 32.0 Å². The molecule has 0 saturated carbocycles. The molecular formula is C17H25N3OS. The predicted molar refractivity (Wildman–Crippen MR) is 92.6 cm³/mol. The number of nitrogens with zero attached hydrogens (tertiary/aromatic N) is 2. The van der Waals surface area contributed by atoms with Gasteiger partial charge in [-0.05, 0) is 30.5 Å². The highest BCUT2D eigenvalue weighted by Crippen LogP contribution is 2.22. The number of thioether (sulfide) groups is 1. The van der Waals surface area contributed by atoms with Crippen LogP contribution in [0.15, 0.2) is 23.4 Å². The van der Waals surface area contributed by atoms with Crippen LogP contribution >= 0.6 is 11.8 Å². The number of benzene rings is 1. The largest absolute Gasteiger partial charge is 0.375 e. The molecule has 3 rings (SSSR count). The van der Waals surface area contributed by atoms with Crippen molar-refractivity contribution < 1.29 is 4.74 Å². The molecule has 1 saturated heterocycles. The van der Waals surface area contributed by atoms with Crippen molar-refractivity contribution in [1.29, 1.82) is 0 Å². The van der Waals surface area contributed by atoms with Gasteiger partial charge in [0.15, 0.2) is 5.16 Å². The molecule has 1 atom stereocenters. The number of aryl methyl sites for hydroxylation is 1. The van der Waals surface area contributed by atoms with Gasteiger partial charge in [-0.1, -0.05) is 31.7 Å². The number of hydrogen-bond donors (Lipinski definition) is 1. The minimum Gasteiger partial charge on any atom is -0.375 e. The fourth-order valence-corrected chi connectivity index (χ4v) is 3.79. The number of ether oxygens (including phenoxy) is 1. The Morgan fingerprint density at radius 2 is 2.32 bits per heavy atom. The third kappa shape index (κ3) is 4.03. The van der Waals surface area contributed by atoms with E-state index >= 15 is 0 Å². The predicted octanol–water partition coefficient (Wildman–Crippen LogP) is 3.32. The van der Waals surface area contributed by atoms with Crippen LogP contribution in [-0.2, 0) is 4.74 Å². The van der Waals surface area contributed by atoms with E-state index in [0.29, 0.717) is 12.0 Å². The summed E-state index contributed by atoms with van der Waals surface area (Å²) in [6.07, 6.45) is 0.299. The van der Waals surface area contributed by atoms with E-state index in [2.05, 4.69) is 53.8 Å². The van der Waals surface area contributed by atoms with Crippen LogP contribution in [0.2, 0.25) is 0 Å². The van der Waals surface area contributed by atoms with E-state index in [-0.39, 0.29) is 0 Å². The second kappa shape index (κ2) is 7.02. The van der Waals surface area contributed by atoms with Crippen molar-refractivity contribution in [1.82, 2.24) is 14.9 Å². The number of fused-ring (bicyclic) bond motifs is 1. The van der Waals surface area contributed by atoms with Gasteiger partial charge in [-0.3, -0.25) is 4.90 Å². The molecule has 0 amide bonds. The lowest BCUT2D eigenvalue weighted by molar-refractivity contribution is -0.0191. The minimum absolute atomic E-state index is 0.299. The van der Waals surface area contributed by atoms with E-state index in [1.54, 1.807) is 11.8 Å². The number of hydrogen-bond acceptors (Lipinski definition) is 4. The Kier molecular flexibility index (Phi) is 5.06. The van der Waals surface area contributed by atoms with Gasteiger partial charge in [-0.2, -0.15) is 0 Å². The number of imidazole rings is 1. The molecule has 0 radical (unpaired) electrons. The van der Waals surface area contributed by atoms with Gasteiger partial charge >= 0.3 is 0 Å². The Morgan fingerprint density at radius 3 is 3.14 bits per heavy atom. The molecule has 0 bridgehead atoms. The van der Waals surface area contributed by atoms with Gasteiger partial charge < -0.3 is 9.72 Å². The first-order valence-electron chi connectivity index (χ1n) is 8.03. The molecule has 1 unspecified atom stereocenters. The molecular weight excluding hydrogens is 294 g/mol. The average Bonchev–Trinajstić information content (AvgIpc) is 2.87. The molecule has 2 aromatic rings. The summed E-state index contributed by atoms with van der Waals surface area (Å²) in [5.41, 5.74) is 3.42. The first-order valence-corrected chi connectivity index (χ1v) is 9.02. The van der Waals surface area contributed by atoms with Gasteiger partial charge in [-0.15, -0.1) is 0 Å². The van der Waals surface area contributed by atoms with E-state index in [0.717, 1.165) is 48.2 Å². The normalized spacial score (nSPS) is 20.1. The second-order valence-electron chi connectivity index (χ2n) is 6.52. The lowest BCUT2D eigenvalue weighted by Gasteiger charge is -2.33.